The van der Waals surface area contributed by atoms with Crippen LogP contribution in [0.1, 0.15) is 17.2 Å². The molecular weight excluding hydrogens is 334 g/mol. The van der Waals surface area contributed by atoms with Gasteiger partial charge in [0.2, 0.25) is 10.0 Å². The molecule has 1 unspecified atom stereocenters. The molecular formula is C16H20ClN3O2S. The van der Waals surface area contributed by atoms with Gasteiger partial charge in [-0.25, -0.2) is 13.1 Å². The van der Waals surface area contributed by atoms with Crippen LogP contribution in [0.25, 0.3) is 0 Å². The third kappa shape index (κ3) is 4.29. The normalized spacial score (nSPS) is 13.3. The van der Waals surface area contributed by atoms with Gasteiger partial charge in [-0.1, -0.05) is 29.8 Å². The lowest BCUT2D eigenvalue weighted by molar-refractivity contribution is 0.299. The number of nitrogens with zero attached hydrogens (tertiary/aromatic N) is 2. The summed E-state index contributed by atoms with van der Waals surface area (Å²) in [4.78, 5) is 6.02. The molecule has 0 aliphatic heterocycles. The van der Waals surface area contributed by atoms with Crippen LogP contribution in [-0.2, 0) is 10.0 Å². The van der Waals surface area contributed by atoms with E-state index in [1.165, 1.54) is 6.20 Å². The number of benzene rings is 1. The molecule has 23 heavy (non-hydrogen) atoms. The van der Waals surface area contributed by atoms with Gasteiger partial charge in [-0.05, 0) is 44.3 Å². The summed E-state index contributed by atoms with van der Waals surface area (Å²) >= 11 is 6.24. The number of sulfonamides is 1. The first-order valence-electron chi connectivity index (χ1n) is 7.14. The van der Waals surface area contributed by atoms with E-state index in [1.807, 2.05) is 37.2 Å². The zero-order chi connectivity index (χ0) is 17.0. The molecule has 7 heteroatoms. The van der Waals surface area contributed by atoms with Crippen LogP contribution in [0.4, 0.5) is 0 Å². The standard InChI is InChI=1S/C16H20ClN3O2S/c1-12-8-9-18-11-16(12)23(21,22)19-10-15(20(2)3)13-6-4-5-7-14(13)17/h4-9,11,15,19H,10H2,1-3H3. The highest BCUT2D eigenvalue weighted by atomic mass is 35.5. The summed E-state index contributed by atoms with van der Waals surface area (Å²) in [5.74, 6) is 0. The maximum atomic E-state index is 12.5. The number of rotatable bonds is 6. The van der Waals surface area contributed by atoms with E-state index in [9.17, 15) is 8.42 Å². The van der Waals surface area contributed by atoms with Gasteiger partial charge in [0.25, 0.3) is 0 Å². The van der Waals surface area contributed by atoms with Crippen LogP contribution in [0.2, 0.25) is 5.02 Å². The smallest absolute Gasteiger partial charge is 0.242 e. The number of halogens is 1. The first-order valence-corrected chi connectivity index (χ1v) is 9.00. The highest BCUT2D eigenvalue weighted by molar-refractivity contribution is 7.89. The van der Waals surface area contributed by atoms with Crippen LogP contribution in [0.15, 0.2) is 47.6 Å². The Morgan fingerprint density at radius 3 is 2.57 bits per heavy atom. The minimum atomic E-state index is -3.62. The average Bonchev–Trinajstić information content (AvgIpc) is 2.49. The van der Waals surface area contributed by atoms with Gasteiger partial charge in [0.05, 0.1) is 0 Å². The first kappa shape index (κ1) is 17.9. The minimum Gasteiger partial charge on any atom is -0.301 e. The summed E-state index contributed by atoms with van der Waals surface area (Å²) in [5, 5.41) is 0.614. The van der Waals surface area contributed by atoms with Crippen molar-refractivity contribution in [3.05, 3.63) is 58.9 Å². The van der Waals surface area contributed by atoms with Crippen LogP contribution in [-0.4, -0.2) is 38.9 Å². The number of likely N-dealkylation sites (N-methyl/N-ethyl adjacent to an activating group) is 1. The molecule has 0 spiro atoms. The largest absolute Gasteiger partial charge is 0.301 e. The summed E-state index contributed by atoms with van der Waals surface area (Å²) in [6.45, 7) is 1.96. The summed E-state index contributed by atoms with van der Waals surface area (Å²) < 4.78 is 27.6. The molecule has 0 amide bonds. The van der Waals surface area contributed by atoms with E-state index in [4.69, 9.17) is 11.6 Å². The zero-order valence-corrected chi connectivity index (χ0v) is 14.9. The van der Waals surface area contributed by atoms with Gasteiger partial charge < -0.3 is 4.90 Å². The van der Waals surface area contributed by atoms with Crippen molar-refractivity contribution in [2.24, 2.45) is 0 Å². The summed E-state index contributed by atoms with van der Waals surface area (Å²) in [6.07, 6.45) is 2.93. The molecule has 0 bridgehead atoms. The molecule has 1 heterocycles. The Labute approximate surface area is 142 Å². The molecule has 0 aliphatic rings. The van der Waals surface area contributed by atoms with Gasteiger partial charge in [0.1, 0.15) is 4.90 Å². The van der Waals surface area contributed by atoms with E-state index in [-0.39, 0.29) is 17.5 Å². The summed E-state index contributed by atoms with van der Waals surface area (Å²) in [6, 6.07) is 8.94. The Balaban J connectivity index is 2.23. The molecule has 0 fully saturated rings. The molecule has 1 N–H and O–H groups in total. The number of pyridine rings is 1. The van der Waals surface area contributed by atoms with Crippen LogP contribution in [0.3, 0.4) is 0 Å². The van der Waals surface area contributed by atoms with E-state index in [0.29, 0.717) is 10.6 Å². The predicted molar refractivity (Wildman–Crippen MR) is 92.0 cm³/mol. The SMILES string of the molecule is Cc1ccncc1S(=O)(=O)NCC(c1ccccc1Cl)N(C)C. The van der Waals surface area contributed by atoms with Crippen molar-refractivity contribution in [1.82, 2.24) is 14.6 Å². The van der Waals surface area contributed by atoms with Crippen LogP contribution in [0.5, 0.6) is 0 Å². The molecule has 2 rings (SSSR count). The molecule has 0 saturated heterocycles. The Morgan fingerprint density at radius 1 is 1.26 bits per heavy atom. The molecule has 1 aromatic carbocycles. The van der Waals surface area contributed by atoms with Crippen molar-refractivity contribution in [1.29, 1.82) is 0 Å². The minimum absolute atomic E-state index is 0.171. The number of nitrogens with one attached hydrogen (secondary N) is 1. The van der Waals surface area contributed by atoms with Crippen molar-refractivity contribution in [2.45, 2.75) is 17.9 Å². The topological polar surface area (TPSA) is 62.3 Å². The highest BCUT2D eigenvalue weighted by Gasteiger charge is 2.22. The second-order valence-electron chi connectivity index (χ2n) is 5.49. The van der Waals surface area contributed by atoms with Gasteiger partial charge >= 0.3 is 0 Å². The highest BCUT2D eigenvalue weighted by Crippen LogP contribution is 2.26. The second kappa shape index (κ2) is 7.40. The van der Waals surface area contributed by atoms with Gasteiger partial charge in [0.15, 0.2) is 0 Å². The molecule has 0 radical (unpaired) electrons. The Kier molecular flexibility index (Phi) is 5.75. The van der Waals surface area contributed by atoms with E-state index < -0.39 is 10.0 Å². The van der Waals surface area contributed by atoms with E-state index in [2.05, 4.69) is 9.71 Å². The number of hydrogen-bond acceptors (Lipinski definition) is 4. The monoisotopic (exact) mass is 353 g/mol. The van der Waals surface area contributed by atoms with E-state index in [0.717, 1.165) is 5.56 Å². The second-order valence-corrected chi connectivity index (χ2v) is 7.64. The van der Waals surface area contributed by atoms with Gasteiger partial charge in [0, 0.05) is 30.0 Å². The van der Waals surface area contributed by atoms with Crippen molar-refractivity contribution < 1.29 is 8.42 Å². The van der Waals surface area contributed by atoms with Crippen LogP contribution >= 0.6 is 11.6 Å². The van der Waals surface area contributed by atoms with Crippen molar-refractivity contribution in [3.8, 4) is 0 Å². The van der Waals surface area contributed by atoms with Gasteiger partial charge in [-0.3, -0.25) is 4.98 Å². The Hall–Kier alpha value is -1.47. The fourth-order valence-electron chi connectivity index (χ4n) is 2.31. The molecule has 0 saturated carbocycles. The summed E-state index contributed by atoms with van der Waals surface area (Å²) in [7, 11) is 0.150. The zero-order valence-electron chi connectivity index (χ0n) is 13.3. The summed E-state index contributed by atoms with van der Waals surface area (Å²) in [5.41, 5.74) is 1.54. The quantitative estimate of drug-likeness (QED) is 0.867. The van der Waals surface area contributed by atoms with Gasteiger partial charge in [-0.2, -0.15) is 0 Å². The van der Waals surface area contributed by atoms with Crippen molar-refractivity contribution >= 4 is 21.6 Å². The third-order valence-corrected chi connectivity index (χ3v) is 5.53. The van der Waals surface area contributed by atoms with Crippen molar-refractivity contribution in [3.63, 3.8) is 0 Å². The molecule has 124 valence electrons. The lowest BCUT2D eigenvalue weighted by Gasteiger charge is -2.26. The third-order valence-electron chi connectivity index (χ3n) is 3.63. The Morgan fingerprint density at radius 2 is 1.96 bits per heavy atom. The molecule has 0 aliphatic carbocycles. The number of aromatic nitrogens is 1. The fraction of sp³-hybridized carbons (Fsp3) is 0.312. The first-order chi connectivity index (χ1) is 10.8. The lowest BCUT2D eigenvalue weighted by Crippen LogP contribution is -2.35. The maximum Gasteiger partial charge on any atom is 0.242 e. The van der Waals surface area contributed by atoms with E-state index >= 15 is 0 Å². The van der Waals surface area contributed by atoms with Crippen molar-refractivity contribution in [2.75, 3.05) is 20.6 Å². The van der Waals surface area contributed by atoms with E-state index in [1.54, 1.807) is 25.3 Å². The Bertz CT molecular complexity index is 778. The van der Waals surface area contributed by atoms with Gasteiger partial charge in [-0.15, -0.1) is 0 Å². The molecule has 1 atom stereocenters. The maximum absolute atomic E-state index is 12.5. The molecule has 2 aromatic rings. The number of hydrogen-bond donors (Lipinski definition) is 1. The lowest BCUT2D eigenvalue weighted by atomic mass is 10.1. The number of aryl methyl sites for hydroxylation is 1. The molecule has 5 nitrogen and oxygen atoms in total. The van der Waals surface area contributed by atoms with Crippen LogP contribution < -0.4 is 4.72 Å². The molecule has 1 aromatic heterocycles. The predicted octanol–water partition coefficient (Wildman–Crippen LogP) is 2.62. The fourth-order valence-corrected chi connectivity index (χ4v) is 3.80. The average molecular weight is 354 g/mol. The van der Waals surface area contributed by atoms with Crippen LogP contribution in [0, 0.1) is 6.92 Å².